The van der Waals surface area contributed by atoms with Gasteiger partial charge in [0.15, 0.2) is 5.60 Å². The van der Waals surface area contributed by atoms with E-state index in [1.165, 1.54) is 13.8 Å². The van der Waals surface area contributed by atoms with E-state index in [1.54, 1.807) is 6.92 Å². The van der Waals surface area contributed by atoms with Crippen LogP contribution in [-0.4, -0.2) is 53.7 Å². The molecule has 0 amide bonds. The SMILES string of the molecule is CC(=O)O[C@@H]1[C@H]2[C@H](OC(=O)Cc3ccccc3)[C@H](C)C[C@]2(OC(C)=O)C(=O)C(C)=C[C@H]2[C@H](CC[C@@]13CO3)C2(C)C. The van der Waals surface area contributed by atoms with Crippen molar-refractivity contribution in [2.24, 2.45) is 29.1 Å². The first-order valence-electron chi connectivity index (χ1n) is 14.3. The van der Waals surface area contributed by atoms with Crippen molar-refractivity contribution in [2.45, 2.75) is 90.6 Å². The fraction of sp³-hybridized carbons (Fsp3) is 0.625. The normalized spacial score (nSPS) is 37.8. The van der Waals surface area contributed by atoms with Crippen LogP contribution in [0.4, 0.5) is 0 Å². The highest BCUT2D eigenvalue weighted by molar-refractivity contribution is 6.03. The Kier molecular flexibility index (Phi) is 7.22. The summed E-state index contributed by atoms with van der Waals surface area (Å²) in [6, 6.07) is 9.25. The Labute approximate surface area is 235 Å². The zero-order chi connectivity index (χ0) is 29.0. The molecule has 0 bridgehead atoms. The molecule has 1 aliphatic heterocycles. The number of fused-ring (bicyclic) bond motifs is 2. The number of carbonyl (C=O) groups is 4. The summed E-state index contributed by atoms with van der Waals surface area (Å²) in [5.74, 6) is -2.72. The van der Waals surface area contributed by atoms with Crippen molar-refractivity contribution in [1.29, 1.82) is 0 Å². The fourth-order valence-corrected chi connectivity index (χ4v) is 7.55. The van der Waals surface area contributed by atoms with Gasteiger partial charge in [-0.15, -0.1) is 0 Å². The minimum absolute atomic E-state index is 0.0141. The van der Waals surface area contributed by atoms with Gasteiger partial charge >= 0.3 is 17.9 Å². The Morgan fingerprint density at radius 1 is 1.05 bits per heavy atom. The number of hydrogen-bond donors (Lipinski definition) is 0. The van der Waals surface area contributed by atoms with Gasteiger partial charge in [-0.1, -0.05) is 57.2 Å². The number of rotatable bonds is 5. The van der Waals surface area contributed by atoms with Crippen LogP contribution in [0.2, 0.25) is 0 Å². The van der Waals surface area contributed by atoms with E-state index in [0.717, 1.165) is 12.0 Å². The van der Waals surface area contributed by atoms with Crippen molar-refractivity contribution in [2.75, 3.05) is 6.61 Å². The van der Waals surface area contributed by atoms with E-state index in [-0.39, 0.29) is 35.9 Å². The maximum absolute atomic E-state index is 14.5. The Hall–Kier alpha value is -3.00. The third-order valence-corrected chi connectivity index (χ3v) is 9.71. The Morgan fingerprint density at radius 2 is 1.73 bits per heavy atom. The van der Waals surface area contributed by atoms with Crippen molar-refractivity contribution >= 4 is 23.7 Å². The molecule has 8 heteroatoms. The van der Waals surface area contributed by atoms with Gasteiger partial charge in [-0.05, 0) is 54.1 Å². The van der Waals surface area contributed by atoms with Crippen LogP contribution in [0, 0.1) is 29.1 Å². The van der Waals surface area contributed by atoms with Gasteiger partial charge in [0.2, 0.25) is 5.78 Å². The molecule has 8 atom stereocenters. The quantitative estimate of drug-likeness (QED) is 0.301. The standard InChI is InChI=1S/C32H40O8/c1-18-14-24-23(30(24,5)6)12-13-31(17-37-31)29(38-20(3)33)26-27(39-25(35)15-22-10-8-7-9-11-22)19(2)16-32(26,28(18)36)40-21(4)34/h7-11,14,19,23-24,26-27,29H,12-13,15-17H2,1-6H3/t19-,23+,24+,26-,27-,29-,31-,32-/m1/s1. The Morgan fingerprint density at radius 3 is 2.33 bits per heavy atom. The lowest BCUT2D eigenvalue weighted by Crippen LogP contribution is -2.58. The van der Waals surface area contributed by atoms with E-state index in [4.69, 9.17) is 18.9 Å². The highest BCUT2D eigenvalue weighted by atomic mass is 16.6. The first kappa shape index (κ1) is 28.5. The van der Waals surface area contributed by atoms with Crippen molar-refractivity contribution < 1.29 is 38.1 Å². The topological polar surface area (TPSA) is 108 Å². The maximum Gasteiger partial charge on any atom is 0.310 e. The highest BCUT2D eigenvalue weighted by Gasteiger charge is 2.71. The summed E-state index contributed by atoms with van der Waals surface area (Å²) in [5.41, 5.74) is -1.22. The number of ether oxygens (including phenoxy) is 4. The van der Waals surface area contributed by atoms with Gasteiger partial charge in [0.05, 0.1) is 18.9 Å². The summed E-state index contributed by atoms with van der Waals surface area (Å²) in [4.78, 5) is 52.9. The van der Waals surface area contributed by atoms with Crippen LogP contribution < -0.4 is 0 Å². The van der Waals surface area contributed by atoms with Crippen molar-refractivity contribution in [1.82, 2.24) is 0 Å². The number of carbonyl (C=O) groups excluding carboxylic acids is 4. The average molecular weight is 553 g/mol. The van der Waals surface area contributed by atoms with Crippen molar-refractivity contribution in [3.8, 4) is 0 Å². The summed E-state index contributed by atoms with van der Waals surface area (Å²) in [5, 5.41) is 0. The maximum atomic E-state index is 14.5. The predicted molar refractivity (Wildman–Crippen MR) is 145 cm³/mol. The third-order valence-electron chi connectivity index (χ3n) is 9.71. The molecule has 0 aromatic heterocycles. The van der Waals surface area contributed by atoms with E-state index >= 15 is 0 Å². The molecule has 8 nitrogen and oxygen atoms in total. The predicted octanol–water partition coefficient (Wildman–Crippen LogP) is 4.38. The zero-order valence-electron chi connectivity index (χ0n) is 24.2. The van der Waals surface area contributed by atoms with Gasteiger partial charge in [-0.25, -0.2) is 0 Å². The van der Waals surface area contributed by atoms with E-state index in [2.05, 4.69) is 13.8 Å². The van der Waals surface area contributed by atoms with Crippen LogP contribution in [0.1, 0.15) is 66.4 Å². The molecule has 1 aromatic carbocycles. The summed E-state index contributed by atoms with van der Waals surface area (Å²) in [6.07, 6.45) is 1.85. The molecule has 0 N–H and O–H groups in total. The first-order valence-corrected chi connectivity index (χ1v) is 14.3. The van der Waals surface area contributed by atoms with Crippen LogP contribution in [0.3, 0.4) is 0 Å². The second kappa shape index (κ2) is 10.1. The molecule has 40 heavy (non-hydrogen) atoms. The smallest absolute Gasteiger partial charge is 0.310 e. The Bertz CT molecular complexity index is 1230. The van der Waals surface area contributed by atoms with Gasteiger partial charge in [-0.3, -0.25) is 19.2 Å². The molecule has 1 aromatic rings. The van der Waals surface area contributed by atoms with Gasteiger partial charge < -0.3 is 18.9 Å². The Balaban J connectivity index is 1.61. The molecular formula is C32H40O8. The summed E-state index contributed by atoms with van der Waals surface area (Å²) in [7, 11) is 0. The van der Waals surface area contributed by atoms with E-state index < -0.39 is 47.2 Å². The van der Waals surface area contributed by atoms with E-state index in [0.29, 0.717) is 24.5 Å². The number of ketones is 1. The molecule has 0 unspecified atom stereocenters. The number of benzene rings is 1. The van der Waals surface area contributed by atoms with E-state index in [9.17, 15) is 19.2 Å². The lowest BCUT2D eigenvalue weighted by atomic mass is 9.74. The summed E-state index contributed by atoms with van der Waals surface area (Å²) in [6.45, 7) is 11.0. The first-order chi connectivity index (χ1) is 18.8. The van der Waals surface area contributed by atoms with Gasteiger partial charge in [0.1, 0.15) is 17.8 Å². The fourth-order valence-electron chi connectivity index (χ4n) is 7.55. The van der Waals surface area contributed by atoms with Gasteiger partial charge in [-0.2, -0.15) is 0 Å². The monoisotopic (exact) mass is 552 g/mol. The van der Waals surface area contributed by atoms with Gasteiger partial charge in [0, 0.05) is 20.3 Å². The number of Topliss-reactive ketones (excluding diaryl/α,β-unsaturated/α-hetero) is 1. The highest BCUT2D eigenvalue weighted by Crippen LogP contribution is 2.64. The molecular weight excluding hydrogens is 512 g/mol. The number of epoxide rings is 1. The van der Waals surface area contributed by atoms with Crippen LogP contribution >= 0.6 is 0 Å². The third kappa shape index (κ3) is 5.00. The number of allylic oxidation sites excluding steroid dienone is 1. The molecule has 5 rings (SSSR count). The van der Waals surface area contributed by atoms with Crippen LogP contribution in [0.25, 0.3) is 0 Å². The lowest BCUT2D eigenvalue weighted by molar-refractivity contribution is -0.190. The molecule has 1 saturated heterocycles. The molecule has 1 spiro atoms. The van der Waals surface area contributed by atoms with Crippen molar-refractivity contribution in [3.63, 3.8) is 0 Å². The molecule has 1 heterocycles. The second-order valence-electron chi connectivity index (χ2n) is 12.9. The van der Waals surface area contributed by atoms with Gasteiger partial charge in [0.25, 0.3) is 0 Å². The van der Waals surface area contributed by atoms with Crippen LogP contribution in [0.15, 0.2) is 42.0 Å². The minimum Gasteiger partial charge on any atom is -0.461 e. The molecule has 2 saturated carbocycles. The van der Waals surface area contributed by atoms with Crippen LogP contribution in [-0.2, 0) is 44.5 Å². The van der Waals surface area contributed by atoms with E-state index in [1.807, 2.05) is 43.3 Å². The zero-order valence-corrected chi connectivity index (χ0v) is 24.2. The molecule has 3 aliphatic carbocycles. The second-order valence-corrected chi connectivity index (χ2v) is 12.9. The largest absolute Gasteiger partial charge is 0.461 e. The van der Waals surface area contributed by atoms with Crippen LogP contribution in [0.5, 0.6) is 0 Å². The molecule has 0 radical (unpaired) electrons. The lowest BCUT2D eigenvalue weighted by Gasteiger charge is -2.41. The molecule has 3 fully saturated rings. The minimum atomic E-state index is -1.68. The molecule has 216 valence electrons. The summed E-state index contributed by atoms with van der Waals surface area (Å²) >= 11 is 0. The number of esters is 3. The number of hydrogen-bond acceptors (Lipinski definition) is 8. The average Bonchev–Trinajstić information content (AvgIpc) is 3.73. The molecule has 4 aliphatic rings. The summed E-state index contributed by atoms with van der Waals surface area (Å²) < 4.78 is 24.2. The van der Waals surface area contributed by atoms with Crippen molar-refractivity contribution in [3.05, 3.63) is 47.5 Å².